The third kappa shape index (κ3) is 5.48. The van der Waals surface area contributed by atoms with Crippen molar-refractivity contribution in [2.24, 2.45) is 0 Å². The summed E-state index contributed by atoms with van der Waals surface area (Å²) in [4.78, 5) is 2.55. The van der Waals surface area contributed by atoms with E-state index in [1.165, 1.54) is 34.6 Å². The molecule has 1 aliphatic heterocycles. The van der Waals surface area contributed by atoms with Gasteiger partial charge in [-0.1, -0.05) is 50.1 Å². The highest BCUT2D eigenvalue weighted by atomic mass is 32.2. The number of benzene rings is 1. The van der Waals surface area contributed by atoms with Crippen molar-refractivity contribution in [1.82, 2.24) is 0 Å². The Kier molecular flexibility index (Phi) is 7.31. The maximum Gasteiger partial charge on any atom is 0.0934 e. The summed E-state index contributed by atoms with van der Waals surface area (Å²) in [5.41, 5.74) is 1.27. The second-order valence-corrected chi connectivity index (χ2v) is 7.44. The topological polar surface area (TPSA) is 20.2 Å². The van der Waals surface area contributed by atoms with Crippen molar-refractivity contribution in [3.8, 4) is 0 Å². The van der Waals surface area contributed by atoms with Crippen molar-refractivity contribution in [1.29, 1.82) is 0 Å². The SMILES string of the molecule is CCCCC/C(O)=C/C1=C(c2ccccc2)SCCCS1. The second kappa shape index (κ2) is 9.26. The van der Waals surface area contributed by atoms with Crippen molar-refractivity contribution in [2.45, 2.75) is 39.0 Å². The molecule has 0 spiro atoms. The lowest BCUT2D eigenvalue weighted by atomic mass is 10.1. The van der Waals surface area contributed by atoms with E-state index in [1.54, 1.807) is 0 Å². The maximum atomic E-state index is 10.2. The lowest BCUT2D eigenvalue weighted by Crippen LogP contribution is -1.87. The molecule has 0 amide bonds. The van der Waals surface area contributed by atoms with Gasteiger partial charge in [-0.05, 0) is 36.0 Å². The third-order valence-electron chi connectivity index (χ3n) is 3.39. The molecule has 21 heavy (non-hydrogen) atoms. The van der Waals surface area contributed by atoms with Crippen LogP contribution in [0, 0.1) is 0 Å². The van der Waals surface area contributed by atoms with E-state index in [0.29, 0.717) is 5.76 Å². The van der Waals surface area contributed by atoms with E-state index in [9.17, 15) is 5.11 Å². The molecule has 1 aliphatic rings. The van der Waals surface area contributed by atoms with Gasteiger partial charge >= 0.3 is 0 Å². The highest BCUT2D eigenvalue weighted by molar-refractivity contribution is 8.11. The summed E-state index contributed by atoms with van der Waals surface area (Å²) < 4.78 is 0. The molecule has 0 aliphatic carbocycles. The van der Waals surface area contributed by atoms with Crippen LogP contribution in [-0.2, 0) is 0 Å². The van der Waals surface area contributed by atoms with Gasteiger partial charge < -0.3 is 5.11 Å². The number of thioether (sulfide) groups is 2. The van der Waals surface area contributed by atoms with E-state index in [1.807, 2.05) is 29.6 Å². The molecule has 1 N–H and O–H groups in total. The van der Waals surface area contributed by atoms with Crippen molar-refractivity contribution >= 4 is 28.4 Å². The molecule has 0 unspecified atom stereocenters. The van der Waals surface area contributed by atoms with Crippen molar-refractivity contribution in [3.63, 3.8) is 0 Å². The number of rotatable bonds is 6. The summed E-state index contributed by atoms with van der Waals surface area (Å²) in [5.74, 6) is 2.82. The predicted molar refractivity (Wildman–Crippen MR) is 97.7 cm³/mol. The molecule has 114 valence electrons. The van der Waals surface area contributed by atoms with Gasteiger partial charge in [0, 0.05) is 16.2 Å². The van der Waals surface area contributed by atoms with Gasteiger partial charge in [0.25, 0.3) is 0 Å². The van der Waals surface area contributed by atoms with Crippen LogP contribution in [0.15, 0.2) is 47.1 Å². The molecule has 3 heteroatoms. The number of aliphatic hydroxyl groups is 1. The summed E-state index contributed by atoms with van der Waals surface area (Å²) in [7, 11) is 0. The van der Waals surface area contributed by atoms with Crippen LogP contribution in [0.3, 0.4) is 0 Å². The Morgan fingerprint density at radius 2 is 1.90 bits per heavy atom. The highest BCUT2D eigenvalue weighted by Gasteiger charge is 2.13. The molecule has 0 atom stereocenters. The van der Waals surface area contributed by atoms with Crippen LogP contribution in [0.25, 0.3) is 4.91 Å². The van der Waals surface area contributed by atoms with Gasteiger partial charge in [-0.2, -0.15) is 0 Å². The van der Waals surface area contributed by atoms with Crippen molar-refractivity contribution in [2.75, 3.05) is 11.5 Å². The summed E-state index contributed by atoms with van der Waals surface area (Å²) in [6.45, 7) is 2.19. The van der Waals surface area contributed by atoms with E-state index >= 15 is 0 Å². The number of allylic oxidation sites excluding steroid dienone is 2. The minimum absolute atomic E-state index is 0.530. The smallest absolute Gasteiger partial charge is 0.0934 e. The molecule has 2 rings (SSSR count). The van der Waals surface area contributed by atoms with E-state index in [0.717, 1.165) is 24.3 Å². The minimum Gasteiger partial charge on any atom is -0.512 e. The molecular weight excluding hydrogens is 296 g/mol. The monoisotopic (exact) mass is 320 g/mol. The Labute approximate surface area is 136 Å². The molecule has 0 fully saturated rings. The largest absolute Gasteiger partial charge is 0.512 e. The van der Waals surface area contributed by atoms with Crippen molar-refractivity contribution in [3.05, 3.63) is 52.6 Å². The van der Waals surface area contributed by atoms with E-state index in [2.05, 4.69) is 37.3 Å². The van der Waals surface area contributed by atoms with E-state index < -0.39 is 0 Å². The standard InChI is InChI=1S/C18H24OS2/c1-2-3-5-11-16(19)14-17-18(21-13-8-12-20-17)15-9-6-4-7-10-15/h4,6-7,9-10,14,19H,2-3,5,8,11-13H2,1H3/b16-14-. The molecule has 1 nitrogen and oxygen atoms in total. The normalized spacial score (nSPS) is 16.9. The Morgan fingerprint density at radius 3 is 2.67 bits per heavy atom. The van der Waals surface area contributed by atoms with Crippen LogP contribution in [-0.4, -0.2) is 16.6 Å². The number of aliphatic hydroxyl groups excluding tert-OH is 1. The molecular formula is C18H24OS2. The zero-order chi connectivity index (χ0) is 14.9. The van der Waals surface area contributed by atoms with Gasteiger partial charge in [-0.15, -0.1) is 23.5 Å². The lowest BCUT2D eigenvalue weighted by Gasteiger charge is -2.10. The zero-order valence-electron chi connectivity index (χ0n) is 12.7. The molecule has 0 bridgehead atoms. The van der Waals surface area contributed by atoms with E-state index in [-0.39, 0.29) is 0 Å². The first-order valence-corrected chi connectivity index (χ1v) is 9.73. The van der Waals surface area contributed by atoms with Crippen LogP contribution in [0.5, 0.6) is 0 Å². The van der Waals surface area contributed by atoms with Gasteiger partial charge in [0.2, 0.25) is 0 Å². The van der Waals surface area contributed by atoms with Gasteiger partial charge in [0.15, 0.2) is 0 Å². The van der Waals surface area contributed by atoms with Crippen LogP contribution in [0.1, 0.15) is 44.6 Å². The predicted octanol–water partition coefficient (Wildman–Crippen LogP) is 6.25. The van der Waals surface area contributed by atoms with Crippen LogP contribution < -0.4 is 0 Å². The minimum atomic E-state index is 0.530. The quantitative estimate of drug-likeness (QED) is 0.494. The first-order valence-electron chi connectivity index (χ1n) is 7.76. The molecule has 0 radical (unpaired) electrons. The average molecular weight is 321 g/mol. The van der Waals surface area contributed by atoms with Crippen LogP contribution in [0.2, 0.25) is 0 Å². The number of unbranched alkanes of at least 4 members (excludes halogenated alkanes) is 2. The van der Waals surface area contributed by atoms with Crippen LogP contribution in [0.4, 0.5) is 0 Å². The summed E-state index contributed by atoms with van der Waals surface area (Å²) in [6.07, 6.45) is 7.47. The Bertz CT molecular complexity index is 491. The van der Waals surface area contributed by atoms with Gasteiger partial charge in [0.05, 0.1) is 5.76 Å². The molecule has 1 heterocycles. The molecule has 1 aromatic carbocycles. The molecule has 0 aromatic heterocycles. The first kappa shape index (κ1) is 16.6. The van der Waals surface area contributed by atoms with Crippen LogP contribution >= 0.6 is 23.5 Å². The Hall–Kier alpha value is -0.800. The fourth-order valence-electron chi connectivity index (χ4n) is 2.25. The van der Waals surface area contributed by atoms with E-state index in [4.69, 9.17) is 0 Å². The Balaban J connectivity index is 2.21. The first-order chi connectivity index (χ1) is 10.3. The fraction of sp³-hybridized carbons (Fsp3) is 0.444. The Morgan fingerprint density at radius 1 is 1.14 bits per heavy atom. The molecule has 0 saturated carbocycles. The molecule has 0 saturated heterocycles. The summed E-state index contributed by atoms with van der Waals surface area (Å²) in [5, 5.41) is 10.2. The number of hydrogen-bond donors (Lipinski definition) is 1. The summed E-state index contributed by atoms with van der Waals surface area (Å²) in [6, 6.07) is 10.5. The van der Waals surface area contributed by atoms with Gasteiger partial charge in [0.1, 0.15) is 0 Å². The van der Waals surface area contributed by atoms with Gasteiger partial charge in [-0.25, -0.2) is 0 Å². The third-order valence-corrected chi connectivity index (χ3v) is 5.88. The highest BCUT2D eigenvalue weighted by Crippen LogP contribution is 2.40. The maximum absolute atomic E-state index is 10.2. The second-order valence-electron chi connectivity index (χ2n) is 5.20. The fourth-order valence-corrected chi connectivity index (χ4v) is 4.76. The number of hydrogen-bond acceptors (Lipinski definition) is 3. The summed E-state index contributed by atoms with van der Waals surface area (Å²) >= 11 is 3.80. The zero-order valence-corrected chi connectivity index (χ0v) is 14.3. The van der Waals surface area contributed by atoms with Gasteiger partial charge in [-0.3, -0.25) is 0 Å². The molecule has 1 aromatic rings. The average Bonchev–Trinajstić information content (AvgIpc) is 2.74. The van der Waals surface area contributed by atoms with Crippen molar-refractivity contribution < 1.29 is 5.11 Å². The lowest BCUT2D eigenvalue weighted by molar-refractivity contribution is 0.381.